The molecule has 0 saturated carbocycles. The van der Waals surface area contributed by atoms with Crippen molar-refractivity contribution in [1.82, 2.24) is 4.90 Å². The van der Waals surface area contributed by atoms with Gasteiger partial charge in [0.15, 0.2) is 6.61 Å². The van der Waals surface area contributed by atoms with Gasteiger partial charge in [-0.05, 0) is 25.0 Å². The molecule has 2 amide bonds. The van der Waals surface area contributed by atoms with Crippen LogP contribution in [0.25, 0.3) is 0 Å². The first-order valence-corrected chi connectivity index (χ1v) is 7.53. The number of phenolic OH excluding ortho intramolecular Hbond substituents is 1. The van der Waals surface area contributed by atoms with Crippen LogP contribution in [0.5, 0.6) is 11.5 Å². The highest BCUT2D eigenvalue weighted by Crippen LogP contribution is 2.24. The van der Waals surface area contributed by atoms with Crippen LogP contribution in [0, 0.1) is 5.92 Å². The molecule has 24 heavy (non-hydrogen) atoms. The number of carbonyl (C=O) groups excluding carboxylic acids is 3. The SMILES string of the molecule is COc1ccc(C(=O)OCC(=O)N2CCC[C@H](C(N)=O)C2)c(O)c1. The molecule has 0 aliphatic carbocycles. The number of primary amides is 1. The lowest BCUT2D eigenvalue weighted by Crippen LogP contribution is -2.45. The Hall–Kier alpha value is -2.77. The molecule has 1 fully saturated rings. The van der Waals surface area contributed by atoms with Crippen molar-refractivity contribution in [3.05, 3.63) is 23.8 Å². The molecule has 1 aliphatic heterocycles. The van der Waals surface area contributed by atoms with E-state index in [1.54, 1.807) is 0 Å². The van der Waals surface area contributed by atoms with E-state index in [0.29, 0.717) is 25.1 Å². The van der Waals surface area contributed by atoms with E-state index in [1.165, 1.54) is 30.2 Å². The van der Waals surface area contributed by atoms with Gasteiger partial charge in [-0.3, -0.25) is 9.59 Å². The highest BCUT2D eigenvalue weighted by atomic mass is 16.5. The van der Waals surface area contributed by atoms with E-state index < -0.39 is 24.4 Å². The van der Waals surface area contributed by atoms with Crippen LogP contribution in [0.2, 0.25) is 0 Å². The molecule has 0 spiro atoms. The first kappa shape index (κ1) is 17.6. The lowest BCUT2D eigenvalue weighted by atomic mass is 9.97. The minimum Gasteiger partial charge on any atom is -0.507 e. The fraction of sp³-hybridized carbons (Fsp3) is 0.438. The number of methoxy groups -OCH3 is 1. The number of hydrogen-bond donors (Lipinski definition) is 2. The fourth-order valence-corrected chi connectivity index (χ4v) is 2.54. The summed E-state index contributed by atoms with van der Waals surface area (Å²) in [6.07, 6.45) is 1.32. The predicted octanol–water partition coefficient (Wildman–Crippen LogP) is 0.281. The van der Waals surface area contributed by atoms with E-state index in [0.717, 1.165) is 0 Å². The summed E-state index contributed by atoms with van der Waals surface area (Å²) in [6, 6.07) is 4.13. The molecule has 0 aromatic heterocycles. The lowest BCUT2D eigenvalue weighted by molar-refractivity contribution is -0.137. The molecule has 1 saturated heterocycles. The van der Waals surface area contributed by atoms with Crippen molar-refractivity contribution >= 4 is 17.8 Å². The van der Waals surface area contributed by atoms with E-state index >= 15 is 0 Å². The third-order valence-electron chi connectivity index (χ3n) is 3.93. The summed E-state index contributed by atoms with van der Waals surface area (Å²) in [7, 11) is 1.43. The fourth-order valence-electron chi connectivity index (χ4n) is 2.54. The van der Waals surface area contributed by atoms with Crippen LogP contribution < -0.4 is 10.5 Å². The molecule has 1 aromatic rings. The summed E-state index contributed by atoms with van der Waals surface area (Å²) in [5.41, 5.74) is 5.21. The van der Waals surface area contributed by atoms with E-state index in [1.807, 2.05) is 0 Å². The van der Waals surface area contributed by atoms with Gasteiger partial charge in [0.25, 0.3) is 5.91 Å². The van der Waals surface area contributed by atoms with Gasteiger partial charge in [-0.2, -0.15) is 0 Å². The monoisotopic (exact) mass is 336 g/mol. The molecule has 130 valence electrons. The molecule has 2 rings (SSSR count). The van der Waals surface area contributed by atoms with Crippen LogP contribution in [0.1, 0.15) is 23.2 Å². The Morgan fingerprint density at radius 2 is 2.12 bits per heavy atom. The number of ether oxygens (including phenoxy) is 2. The number of phenols is 1. The van der Waals surface area contributed by atoms with Gasteiger partial charge >= 0.3 is 5.97 Å². The van der Waals surface area contributed by atoms with Crippen molar-refractivity contribution in [1.29, 1.82) is 0 Å². The number of benzene rings is 1. The molecule has 3 N–H and O–H groups in total. The largest absolute Gasteiger partial charge is 0.507 e. The molecule has 1 aromatic carbocycles. The number of nitrogens with two attached hydrogens (primary N) is 1. The van der Waals surface area contributed by atoms with Gasteiger partial charge < -0.3 is 25.2 Å². The van der Waals surface area contributed by atoms with Crippen LogP contribution >= 0.6 is 0 Å². The van der Waals surface area contributed by atoms with Crippen molar-refractivity contribution in [2.75, 3.05) is 26.8 Å². The molecule has 0 unspecified atom stereocenters. The number of rotatable bonds is 5. The molecule has 1 heterocycles. The highest BCUT2D eigenvalue weighted by Gasteiger charge is 2.27. The average Bonchev–Trinajstić information content (AvgIpc) is 2.59. The Balaban J connectivity index is 1.91. The number of aromatic hydroxyl groups is 1. The Bertz CT molecular complexity index is 645. The number of carbonyl (C=O) groups is 3. The Morgan fingerprint density at radius 1 is 1.38 bits per heavy atom. The molecule has 8 heteroatoms. The van der Waals surface area contributed by atoms with Gasteiger partial charge in [-0.15, -0.1) is 0 Å². The second kappa shape index (κ2) is 7.67. The quantitative estimate of drug-likeness (QED) is 0.746. The topological polar surface area (TPSA) is 119 Å². The van der Waals surface area contributed by atoms with Crippen LogP contribution in [0.3, 0.4) is 0 Å². The number of hydrogen-bond acceptors (Lipinski definition) is 6. The summed E-state index contributed by atoms with van der Waals surface area (Å²) < 4.78 is 9.87. The van der Waals surface area contributed by atoms with E-state index in [9.17, 15) is 19.5 Å². The zero-order chi connectivity index (χ0) is 17.7. The van der Waals surface area contributed by atoms with Crippen LogP contribution in [0.15, 0.2) is 18.2 Å². The first-order valence-electron chi connectivity index (χ1n) is 7.53. The average molecular weight is 336 g/mol. The molecule has 8 nitrogen and oxygen atoms in total. The van der Waals surface area contributed by atoms with Crippen LogP contribution in [0.4, 0.5) is 0 Å². The maximum atomic E-state index is 12.1. The second-order valence-electron chi connectivity index (χ2n) is 5.54. The summed E-state index contributed by atoms with van der Waals surface area (Å²) in [6.45, 7) is 0.267. The maximum absolute atomic E-state index is 12.1. The van der Waals surface area contributed by atoms with E-state index in [2.05, 4.69) is 0 Å². The minimum atomic E-state index is -0.813. The Kier molecular flexibility index (Phi) is 5.62. The molecule has 0 radical (unpaired) electrons. The maximum Gasteiger partial charge on any atom is 0.342 e. The van der Waals surface area contributed by atoms with Gasteiger partial charge in [0.05, 0.1) is 13.0 Å². The molecular weight excluding hydrogens is 316 g/mol. The van der Waals surface area contributed by atoms with Gasteiger partial charge in [-0.25, -0.2) is 4.79 Å². The molecular formula is C16H20N2O6. The Labute approximate surface area is 139 Å². The van der Waals surface area contributed by atoms with Crippen molar-refractivity contribution in [3.8, 4) is 11.5 Å². The smallest absolute Gasteiger partial charge is 0.342 e. The van der Waals surface area contributed by atoms with E-state index in [-0.39, 0.29) is 23.8 Å². The van der Waals surface area contributed by atoms with E-state index in [4.69, 9.17) is 15.2 Å². The molecule has 1 atom stereocenters. The van der Waals surface area contributed by atoms with Crippen molar-refractivity contribution in [3.63, 3.8) is 0 Å². The number of piperidine rings is 1. The highest BCUT2D eigenvalue weighted by molar-refractivity contribution is 5.94. The number of amides is 2. The van der Waals surface area contributed by atoms with Gasteiger partial charge in [0.2, 0.25) is 5.91 Å². The number of likely N-dealkylation sites (tertiary alicyclic amines) is 1. The van der Waals surface area contributed by atoms with Crippen LogP contribution in [-0.4, -0.2) is 54.6 Å². The van der Waals surface area contributed by atoms with Crippen molar-refractivity contribution in [2.24, 2.45) is 11.7 Å². The summed E-state index contributed by atoms with van der Waals surface area (Å²) in [5.74, 6) is -1.92. The predicted molar refractivity (Wildman–Crippen MR) is 83.4 cm³/mol. The van der Waals surface area contributed by atoms with Crippen molar-refractivity contribution < 1.29 is 29.0 Å². The third-order valence-corrected chi connectivity index (χ3v) is 3.93. The number of nitrogens with zero attached hydrogens (tertiary/aromatic N) is 1. The van der Waals surface area contributed by atoms with Gasteiger partial charge in [-0.1, -0.05) is 0 Å². The Morgan fingerprint density at radius 3 is 2.75 bits per heavy atom. The van der Waals surface area contributed by atoms with Gasteiger partial charge in [0.1, 0.15) is 17.1 Å². The summed E-state index contributed by atoms with van der Waals surface area (Å²) in [5, 5.41) is 9.78. The normalized spacial score (nSPS) is 17.2. The van der Waals surface area contributed by atoms with Gasteiger partial charge in [0, 0.05) is 19.2 Å². The molecule has 1 aliphatic rings. The van der Waals surface area contributed by atoms with Crippen molar-refractivity contribution in [2.45, 2.75) is 12.8 Å². The summed E-state index contributed by atoms with van der Waals surface area (Å²) >= 11 is 0. The first-order chi connectivity index (χ1) is 11.4. The number of esters is 1. The zero-order valence-electron chi connectivity index (χ0n) is 13.4. The minimum absolute atomic E-state index is 0.0581. The zero-order valence-corrected chi connectivity index (χ0v) is 13.4. The van der Waals surface area contributed by atoms with Crippen LogP contribution in [-0.2, 0) is 14.3 Å². The standard InChI is InChI=1S/C16H20N2O6/c1-23-11-4-5-12(13(19)7-11)16(22)24-9-14(20)18-6-2-3-10(8-18)15(17)21/h4-5,7,10,19H,2-3,6,8-9H2,1H3,(H2,17,21)/t10-/m0/s1. The second-order valence-corrected chi connectivity index (χ2v) is 5.54. The summed E-state index contributed by atoms with van der Waals surface area (Å²) in [4.78, 5) is 36.7. The third kappa shape index (κ3) is 4.15. The molecule has 0 bridgehead atoms. The lowest BCUT2D eigenvalue weighted by Gasteiger charge is -2.31.